The summed E-state index contributed by atoms with van der Waals surface area (Å²) in [5.74, 6) is 0.452. The molecule has 0 saturated carbocycles. The van der Waals surface area contributed by atoms with Crippen LogP contribution in [0.5, 0.6) is 0 Å². The molecule has 1 atom stereocenters. The highest BCUT2D eigenvalue weighted by Crippen LogP contribution is 2.29. The fourth-order valence-electron chi connectivity index (χ4n) is 2.45. The molecule has 0 aliphatic rings. The number of guanidine groups is 1. The number of aliphatic hydroxyl groups is 1. The van der Waals surface area contributed by atoms with Crippen molar-refractivity contribution >= 4 is 33.4 Å². The molecule has 0 amide bonds. The smallest absolute Gasteiger partial charge is 0.305 e. The van der Waals surface area contributed by atoms with Crippen molar-refractivity contribution < 1.29 is 14.6 Å². The fourth-order valence-corrected chi connectivity index (χ4v) is 3.49. The van der Waals surface area contributed by atoms with Gasteiger partial charge in [0.25, 0.3) is 0 Å². The zero-order valence-electron chi connectivity index (χ0n) is 15.3. The van der Waals surface area contributed by atoms with Gasteiger partial charge in [-0.05, 0) is 37.8 Å². The van der Waals surface area contributed by atoms with Crippen LogP contribution in [0.15, 0.2) is 35.3 Å². The lowest BCUT2D eigenvalue weighted by Crippen LogP contribution is -2.38. The zero-order chi connectivity index (χ0) is 18.8. The molecule has 2 aromatic rings. The maximum atomic E-state index is 11.3. The third-order valence-corrected chi connectivity index (χ3v) is 4.91. The molecule has 0 radical (unpaired) electrons. The Morgan fingerprint density at radius 3 is 2.85 bits per heavy atom. The second kappa shape index (κ2) is 10.8. The molecule has 1 unspecified atom stereocenters. The molecule has 1 heterocycles. The second-order valence-electron chi connectivity index (χ2n) is 5.76. The minimum atomic E-state index is -0.637. The second-order valence-corrected chi connectivity index (χ2v) is 6.87. The van der Waals surface area contributed by atoms with Crippen LogP contribution in [0.2, 0.25) is 0 Å². The summed E-state index contributed by atoms with van der Waals surface area (Å²) in [6, 6.07) is 10.1. The van der Waals surface area contributed by atoms with Crippen molar-refractivity contribution in [1.82, 2.24) is 10.6 Å². The zero-order valence-corrected chi connectivity index (χ0v) is 16.1. The number of rotatable bonds is 9. The molecule has 0 aliphatic carbocycles. The van der Waals surface area contributed by atoms with Gasteiger partial charge in [-0.15, -0.1) is 11.3 Å². The lowest BCUT2D eigenvalue weighted by molar-refractivity contribution is -0.143. The van der Waals surface area contributed by atoms with E-state index in [0.717, 1.165) is 21.5 Å². The first-order valence-electron chi connectivity index (χ1n) is 8.98. The van der Waals surface area contributed by atoms with Gasteiger partial charge < -0.3 is 20.5 Å². The van der Waals surface area contributed by atoms with Gasteiger partial charge in [0.05, 0.1) is 13.2 Å². The number of thiophene rings is 1. The average molecular weight is 378 g/mol. The number of carbonyl (C=O) groups excluding carboxylic acids is 1. The van der Waals surface area contributed by atoms with Crippen molar-refractivity contribution in [3.63, 3.8) is 0 Å². The van der Waals surface area contributed by atoms with Crippen molar-refractivity contribution in [2.45, 2.75) is 32.8 Å². The molecule has 26 heavy (non-hydrogen) atoms. The number of aliphatic hydroxyl groups excluding tert-OH is 1. The van der Waals surface area contributed by atoms with E-state index in [-0.39, 0.29) is 12.5 Å². The van der Waals surface area contributed by atoms with Gasteiger partial charge >= 0.3 is 5.97 Å². The number of nitrogens with one attached hydrogen (secondary N) is 2. The molecule has 3 N–H and O–H groups in total. The van der Waals surface area contributed by atoms with E-state index < -0.39 is 6.10 Å². The first-order valence-corrected chi connectivity index (χ1v) is 9.80. The highest BCUT2D eigenvalue weighted by atomic mass is 32.1. The summed E-state index contributed by atoms with van der Waals surface area (Å²) >= 11 is 1.59. The van der Waals surface area contributed by atoms with Gasteiger partial charge in [0, 0.05) is 29.1 Å². The first kappa shape index (κ1) is 20.2. The van der Waals surface area contributed by atoms with E-state index in [1.54, 1.807) is 18.3 Å². The highest BCUT2D eigenvalue weighted by molar-refractivity contribution is 7.19. The van der Waals surface area contributed by atoms with Crippen LogP contribution in [-0.4, -0.2) is 43.3 Å². The normalized spacial score (nSPS) is 12.8. The minimum absolute atomic E-state index is 0.184. The Bertz CT molecular complexity index is 697. The summed E-state index contributed by atoms with van der Waals surface area (Å²) < 4.78 is 6.07. The quantitative estimate of drug-likeness (QED) is 0.271. The number of aliphatic imine (C=N–C) groups is 1. The molecule has 1 aromatic carbocycles. The Hall–Kier alpha value is -2.12. The third kappa shape index (κ3) is 6.31. The van der Waals surface area contributed by atoms with Crippen LogP contribution in [0.25, 0.3) is 10.1 Å². The third-order valence-electron chi connectivity index (χ3n) is 3.70. The van der Waals surface area contributed by atoms with Gasteiger partial charge in [-0.1, -0.05) is 18.2 Å². The van der Waals surface area contributed by atoms with Gasteiger partial charge in [-0.3, -0.25) is 9.79 Å². The Labute approximate surface area is 158 Å². The molecular formula is C19H27N3O3S. The maximum absolute atomic E-state index is 11.3. The summed E-state index contributed by atoms with van der Waals surface area (Å²) in [7, 11) is 0. The van der Waals surface area contributed by atoms with Gasteiger partial charge in [0.2, 0.25) is 0 Å². The van der Waals surface area contributed by atoms with Gasteiger partial charge in [0.1, 0.15) is 6.10 Å². The number of ether oxygens (including phenoxy) is 1. The highest BCUT2D eigenvalue weighted by Gasteiger charge is 2.11. The molecule has 2 rings (SSSR count). The standard InChI is InChI=1S/C19H27N3O3S/c1-3-20-19(21-11-7-10-18(24)25-4-2)22-13-15(23)17-12-14-8-5-6-9-16(14)26-17/h5-6,8-9,12,15,23H,3-4,7,10-11,13H2,1-2H3,(H2,20,21,22). The van der Waals surface area contributed by atoms with Crippen LogP contribution in [0.1, 0.15) is 37.7 Å². The van der Waals surface area contributed by atoms with Crippen molar-refractivity contribution in [1.29, 1.82) is 0 Å². The fraction of sp³-hybridized carbons (Fsp3) is 0.474. The van der Waals surface area contributed by atoms with E-state index in [9.17, 15) is 9.90 Å². The predicted octanol–water partition coefficient (Wildman–Crippen LogP) is 2.83. The number of carbonyl (C=O) groups is 1. The molecule has 6 nitrogen and oxygen atoms in total. The molecule has 1 aromatic heterocycles. The summed E-state index contributed by atoms with van der Waals surface area (Å²) in [5.41, 5.74) is 0. The average Bonchev–Trinajstić information content (AvgIpc) is 3.07. The predicted molar refractivity (Wildman–Crippen MR) is 107 cm³/mol. The Balaban J connectivity index is 1.85. The van der Waals surface area contributed by atoms with Crippen molar-refractivity contribution in [3.05, 3.63) is 35.2 Å². The molecule has 0 saturated heterocycles. The lowest BCUT2D eigenvalue weighted by atomic mass is 10.2. The number of benzene rings is 1. The van der Waals surface area contributed by atoms with Crippen LogP contribution >= 0.6 is 11.3 Å². The Morgan fingerprint density at radius 1 is 1.31 bits per heavy atom. The summed E-state index contributed by atoms with van der Waals surface area (Å²) in [5, 5.41) is 17.9. The Kier molecular flexibility index (Phi) is 8.37. The number of esters is 1. The minimum Gasteiger partial charge on any atom is -0.466 e. The van der Waals surface area contributed by atoms with Crippen LogP contribution in [0.3, 0.4) is 0 Å². The number of hydrogen-bond acceptors (Lipinski definition) is 5. The molecule has 0 fully saturated rings. The van der Waals surface area contributed by atoms with Gasteiger partial charge in [-0.25, -0.2) is 0 Å². The molecule has 142 valence electrons. The van der Waals surface area contributed by atoms with Crippen LogP contribution < -0.4 is 10.6 Å². The molecule has 0 bridgehead atoms. The monoisotopic (exact) mass is 377 g/mol. The van der Waals surface area contributed by atoms with E-state index in [1.165, 1.54) is 0 Å². The Morgan fingerprint density at radius 2 is 2.12 bits per heavy atom. The van der Waals surface area contributed by atoms with Crippen molar-refractivity contribution in [3.8, 4) is 0 Å². The van der Waals surface area contributed by atoms with E-state index in [2.05, 4.69) is 21.7 Å². The van der Waals surface area contributed by atoms with Gasteiger partial charge in [-0.2, -0.15) is 0 Å². The number of fused-ring (bicyclic) bond motifs is 1. The van der Waals surface area contributed by atoms with Crippen LogP contribution in [0.4, 0.5) is 0 Å². The molecule has 7 heteroatoms. The number of nitrogens with zero attached hydrogens (tertiary/aromatic N) is 1. The van der Waals surface area contributed by atoms with E-state index in [0.29, 0.717) is 32.0 Å². The largest absolute Gasteiger partial charge is 0.466 e. The van der Waals surface area contributed by atoms with Crippen molar-refractivity contribution in [2.24, 2.45) is 4.99 Å². The molecule has 0 spiro atoms. The summed E-state index contributed by atoms with van der Waals surface area (Å²) in [6.45, 7) is 5.81. The topological polar surface area (TPSA) is 83.0 Å². The number of hydrogen-bond donors (Lipinski definition) is 3. The summed E-state index contributed by atoms with van der Waals surface area (Å²) in [6.07, 6.45) is 0.412. The van der Waals surface area contributed by atoms with Gasteiger partial charge in [0.15, 0.2) is 5.96 Å². The SMILES string of the molecule is CCNC(=NCC(O)c1cc2ccccc2s1)NCCCC(=O)OCC. The van der Waals surface area contributed by atoms with Crippen LogP contribution in [0, 0.1) is 0 Å². The van der Waals surface area contributed by atoms with Crippen molar-refractivity contribution in [2.75, 3.05) is 26.2 Å². The van der Waals surface area contributed by atoms with Crippen LogP contribution in [-0.2, 0) is 9.53 Å². The molecule has 0 aliphatic heterocycles. The van der Waals surface area contributed by atoms with E-state index in [1.807, 2.05) is 31.2 Å². The summed E-state index contributed by atoms with van der Waals surface area (Å²) in [4.78, 5) is 16.7. The van der Waals surface area contributed by atoms with E-state index >= 15 is 0 Å². The lowest BCUT2D eigenvalue weighted by Gasteiger charge is -2.12. The van der Waals surface area contributed by atoms with E-state index in [4.69, 9.17) is 4.74 Å². The molecular weight excluding hydrogens is 350 g/mol. The maximum Gasteiger partial charge on any atom is 0.305 e. The first-order chi connectivity index (χ1) is 12.6.